The molecule has 0 saturated carbocycles. The van der Waals surface area contributed by atoms with Crippen LogP contribution in [0.5, 0.6) is 0 Å². The van der Waals surface area contributed by atoms with Crippen molar-refractivity contribution < 1.29 is 4.79 Å². The van der Waals surface area contributed by atoms with E-state index >= 15 is 0 Å². The highest BCUT2D eigenvalue weighted by atomic mass is 16.1. The monoisotopic (exact) mass is 237 g/mol. The first kappa shape index (κ1) is 13.9. The Balaban J connectivity index is 2.35. The van der Waals surface area contributed by atoms with Crippen molar-refractivity contribution in [2.45, 2.75) is 45.6 Å². The summed E-state index contributed by atoms with van der Waals surface area (Å²) >= 11 is 0. The van der Waals surface area contributed by atoms with E-state index in [1.165, 1.54) is 0 Å². The summed E-state index contributed by atoms with van der Waals surface area (Å²) < 4.78 is 1.90. The van der Waals surface area contributed by atoms with Crippen molar-refractivity contribution in [1.29, 1.82) is 0 Å². The molecule has 0 aliphatic rings. The maximum absolute atomic E-state index is 12.0. The molecular weight excluding hydrogens is 214 g/mol. The van der Waals surface area contributed by atoms with Gasteiger partial charge in [-0.3, -0.25) is 4.79 Å². The highest BCUT2D eigenvalue weighted by Gasteiger charge is 2.15. The predicted molar refractivity (Wildman–Crippen MR) is 68.6 cm³/mol. The Morgan fingerprint density at radius 2 is 2.18 bits per heavy atom. The molecule has 96 valence electrons. The normalized spacial score (nSPS) is 14.6. The Labute approximate surface area is 103 Å². The molecule has 1 rings (SSSR count). The van der Waals surface area contributed by atoms with E-state index in [0.717, 1.165) is 25.1 Å². The lowest BCUT2D eigenvalue weighted by molar-refractivity contribution is -0.122. The minimum absolute atomic E-state index is 0.102. The zero-order valence-corrected chi connectivity index (χ0v) is 11.0. The van der Waals surface area contributed by atoms with Crippen LogP contribution in [0.1, 0.15) is 38.9 Å². The number of ketones is 1. The molecule has 4 nitrogen and oxygen atoms in total. The average molecular weight is 237 g/mol. The topological polar surface area (TPSA) is 60.9 Å². The molecule has 17 heavy (non-hydrogen) atoms. The van der Waals surface area contributed by atoms with Gasteiger partial charge in [0.05, 0.1) is 6.42 Å². The van der Waals surface area contributed by atoms with Crippen LogP contribution in [0.2, 0.25) is 0 Å². The summed E-state index contributed by atoms with van der Waals surface area (Å²) in [5.41, 5.74) is 5.69. The standard InChI is InChI=1S/C13H23N3O/c1-10(5-4-6-11(2)14)12(17)9-13-15-7-8-16(13)3/h7-8,10-11H,4-6,9,14H2,1-3H3. The molecule has 0 bridgehead atoms. The maximum Gasteiger partial charge on any atom is 0.143 e. The Morgan fingerprint density at radius 1 is 1.47 bits per heavy atom. The number of nitrogens with two attached hydrogens (primary N) is 1. The van der Waals surface area contributed by atoms with Gasteiger partial charge in [-0.1, -0.05) is 13.3 Å². The molecule has 0 radical (unpaired) electrons. The number of Topliss-reactive ketones (excluding diaryl/α,β-unsaturated/α-hetero) is 1. The fourth-order valence-electron chi connectivity index (χ4n) is 1.80. The van der Waals surface area contributed by atoms with E-state index in [0.29, 0.717) is 6.42 Å². The number of hydrogen-bond acceptors (Lipinski definition) is 3. The van der Waals surface area contributed by atoms with Crippen molar-refractivity contribution >= 4 is 5.78 Å². The van der Waals surface area contributed by atoms with Gasteiger partial charge >= 0.3 is 0 Å². The quantitative estimate of drug-likeness (QED) is 0.785. The van der Waals surface area contributed by atoms with Crippen LogP contribution in [0.3, 0.4) is 0 Å². The van der Waals surface area contributed by atoms with Gasteiger partial charge in [-0.05, 0) is 19.8 Å². The van der Waals surface area contributed by atoms with Crippen molar-refractivity contribution in [3.05, 3.63) is 18.2 Å². The molecule has 0 spiro atoms. The van der Waals surface area contributed by atoms with Crippen LogP contribution >= 0.6 is 0 Å². The molecule has 0 aromatic carbocycles. The molecule has 0 aliphatic heterocycles. The van der Waals surface area contributed by atoms with Gasteiger partial charge in [0.15, 0.2) is 0 Å². The Bertz CT molecular complexity index is 357. The van der Waals surface area contributed by atoms with Gasteiger partial charge < -0.3 is 10.3 Å². The summed E-state index contributed by atoms with van der Waals surface area (Å²) in [5.74, 6) is 1.21. The predicted octanol–water partition coefficient (Wildman–Crippen LogP) is 1.69. The summed E-state index contributed by atoms with van der Waals surface area (Å²) in [6.45, 7) is 3.99. The second kappa shape index (κ2) is 6.55. The second-order valence-electron chi connectivity index (χ2n) is 4.91. The number of rotatable bonds is 7. The minimum Gasteiger partial charge on any atom is -0.338 e. The number of hydrogen-bond donors (Lipinski definition) is 1. The van der Waals surface area contributed by atoms with Gasteiger partial charge in [0.25, 0.3) is 0 Å². The lowest BCUT2D eigenvalue weighted by atomic mass is 9.96. The van der Waals surface area contributed by atoms with Crippen molar-refractivity contribution in [2.75, 3.05) is 0 Å². The zero-order chi connectivity index (χ0) is 12.8. The second-order valence-corrected chi connectivity index (χ2v) is 4.91. The number of carbonyl (C=O) groups excluding carboxylic acids is 1. The van der Waals surface area contributed by atoms with Crippen LogP contribution in [0.25, 0.3) is 0 Å². The molecular formula is C13H23N3O. The molecule has 1 aromatic rings. The number of nitrogens with zero attached hydrogens (tertiary/aromatic N) is 2. The number of aromatic nitrogens is 2. The molecule has 0 aliphatic carbocycles. The highest BCUT2D eigenvalue weighted by Crippen LogP contribution is 2.12. The molecule has 0 amide bonds. The molecule has 0 fully saturated rings. The van der Waals surface area contributed by atoms with E-state index in [-0.39, 0.29) is 17.7 Å². The first-order valence-electron chi connectivity index (χ1n) is 6.25. The molecule has 2 N–H and O–H groups in total. The van der Waals surface area contributed by atoms with Crippen molar-refractivity contribution in [3.8, 4) is 0 Å². The van der Waals surface area contributed by atoms with Gasteiger partial charge in [-0.2, -0.15) is 0 Å². The number of imidazole rings is 1. The van der Waals surface area contributed by atoms with Crippen LogP contribution in [0.15, 0.2) is 12.4 Å². The molecule has 1 aromatic heterocycles. The minimum atomic E-state index is 0.102. The third-order valence-electron chi connectivity index (χ3n) is 3.10. The lowest BCUT2D eigenvalue weighted by Crippen LogP contribution is -2.18. The fraction of sp³-hybridized carbons (Fsp3) is 0.692. The van der Waals surface area contributed by atoms with Gasteiger partial charge in [0.1, 0.15) is 11.6 Å². The summed E-state index contributed by atoms with van der Waals surface area (Å²) in [4.78, 5) is 16.1. The fourth-order valence-corrected chi connectivity index (χ4v) is 1.80. The van der Waals surface area contributed by atoms with E-state index < -0.39 is 0 Å². The molecule has 0 saturated heterocycles. The Kier molecular flexibility index (Phi) is 5.35. The molecule has 4 heteroatoms. The summed E-state index contributed by atoms with van der Waals surface area (Å²) in [5, 5.41) is 0. The highest BCUT2D eigenvalue weighted by molar-refractivity contribution is 5.82. The number of aryl methyl sites for hydroxylation is 1. The zero-order valence-electron chi connectivity index (χ0n) is 11.0. The first-order valence-corrected chi connectivity index (χ1v) is 6.25. The Hall–Kier alpha value is -1.16. The Morgan fingerprint density at radius 3 is 2.71 bits per heavy atom. The van der Waals surface area contributed by atoms with E-state index in [4.69, 9.17) is 5.73 Å². The number of carbonyl (C=O) groups is 1. The third kappa shape index (κ3) is 4.69. The van der Waals surface area contributed by atoms with Crippen LogP contribution in [0, 0.1) is 5.92 Å². The van der Waals surface area contributed by atoms with Crippen LogP contribution in [-0.2, 0) is 18.3 Å². The summed E-state index contributed by atoms with van der Waals surface area (Å²) in [6.07, 6.45) is 6.95. The largest absolute Gasteiger partial charge is 0.338 e. The smallest absolute Gasteiger partial charge is 0.143 e. The van der Waals surface area contributed by atoms with Crippen LogP contribution in [0.4, 0.5) is 0 Å². The van der Waals surface area contributed by atoms with E-state index in [1.54, 1.807) is 6.20 Å². The first-order chi connectivity index (χ1) is 8.00. The maximum atomic E-state index is 12.0. The van der Waals surface area contributed by atoms with Crippen molar-refractivity contribution in [1.82, 2.24) is 9.55 Å². The van der Waals surface area contributed by atoms with Gasteiger partial charge in [0, 0.05) is 31.4 Å². The summed E-state index contributed by atoms with van der Waals surface area (Å²) in [6, 6.07) is 0.229. The SMILES string of the molecule is CC(N)CCCC(C)C(=O)Cc1nccn1C. The van der Waals surface area contributed by atoms with E-state index in [1.807, 2.05) is 31.7 Å². The van der Waals surface area contributed by atoms with Crippen LogP contribution < -0.4 is 5.73 Å². The van der Waals surface area contributed by atoms with E-state index in [9.17, 15) is 4.79 Å². The molecule has 1 heterocycles. The molecule has 2 unspecified atom stereocenters. The summed E-state index contributed by atoms with van der Waals surface area (Å²) in [7, 11) is 1.91. The average Bonchev–Trinajstić information content (AvgIpc) is 2.63. The van der Waals surface area contributed by atoms with Gasteiger partial charge in [0.2, 0.25) is 0 Å². The van der Waals surface area contributed by atoms with Gasteiger partial charge in [-0.15, -0.1) is 0 Å². The van der Waals surface area contributed by atoms with Crippen LogP contribution in [-0.4, -0.2) is 21.4 Å². The lowest BCUT2D eigenvalue weighted by Gasteiger charge is -2.11. The molecule has 2 atom stereocenters. The third-order valence-corrected chi connectivity index (χ3v) is 3.10. The van der Waals surface area contributed by atoms with E-state index in [2.05, 4.69) is 4.98 Å². The van der Waals surface area contributed by atoms with Crippen molar-refractivity contribution in [3.63, 3.8) is 0 Å². The van der Waals surface area contributed by atoms with Gasteiger partial charge in [-0.25, -0.2) is 4.98 Å². The van der Waals surface area contributed by atoms with Crippen molar-refractivity contribution in [2.24, 2.45) is 18.7 Å².